The zero-order valence-electron chi connectivity index (χ0n) is 6.48. The second-order valence-corrected chi connectivity index (χ2v) is 4.45. The van der Waals surface area contributed by atoms with Crippen LogP contribution in [-0.2, 0) is 0 Å². The van der Waals surface area contributed by atoms with Crippen molar-refractivity contribution in [2.45, 2.75) is 31.5 Å². The van der Waals surface area contributed by atoms with Gasteiger partial charge in [0.05, 0.1) is 12.2 Å². The lowest BCUT2D eigenvalue weighted by Gasteiger charge is -2.43. The van der Waals surface area contributed by atoms with Crippen LogP contribution in [0.1, 0.15) is 19.3 Å². The molecule has 11 heavy (non-hydrogen) atoms. The van der Waals surface area contributed by atoms with Gasteiger partial charge in [0.25, 0.3) is 0 Å². The molecule has 6 atom stereocenters. The lowest BCUT2D eigenvalue weighted by Crippen LogP contribution is -2.49. The van der Waals surface area contributed by atoms with E-state index in [4.69, 9.17) is 0 Å². The van der Waals surface area contributed by atoms with Crippen molar-refractivity contribution in [1.82, 2.24) is 0 Å². The normalized spacial score (nSPS) is 66.0. The van der Waals surface area contributed by atoms with Gasteiger partial charge in [-0.05, 0) is 42.9 Å². The topological polar surface area (TPSA) is 40.5 Å². The maximum Gasteiger partial charge on any atom is 0.0832 e. The molecule has 2 N–H and O–H groups in total. The molecule has 4 saturated carbocycles. The molecule has 62 valence electrons. The molecule has 0 aromatic heterocycles. The summed E-state index contributed by atoms with van der Waals surface area (Å²) >= 11 is 0. The molecule has 0 radical (unpaired) electrons. The average Bonchev–Trinajstić information content (AvgIpc) is 2.76. The van der Waals surface area contributed by atoms with E-state index in [1.807, 2.05) is 0 Å². The van der Waals surface area contributed by atoms with Crippen molar-refractivity contribution in [2.75, 3.05) is 0 Å². The van der Waals surface area contributed by atoms with E-state index in [0.717, 1.165) is 24.7 Å². The number of rotatable bonds is 0. The van der Waals surface area contributed by atoms with Gasteiger partial charge in [0.1, 0.15) is 0 Å². The molecule has 0 aliphatic heterocycles. The Kier molecular flexibility index (Phi) is 1.06. The van der Waals surface area contributed by atoms with E-state index >= 15 is 0 Å². The molecule has 0 amide bonds. The highest BCUT2D eigenvalue weighted by atomic mass is 16.3. The number of fused-ring (bicyclic) bond motifs is 2. The summed E-state index contributed by atoms with van der Waals surface area (Å²) in [4.78, 5) is 0. The minimum atomic E-state index is -0.391. The van der Waals surface area contributed by atoms with Crippen LogP contribution in [0, 0.1) is 23.7 Å². The molecule has 4 rings (SSSR count). The van der Waals surface area contributed by atoms with Crippen molar-refractivity contribution in [3.63, 3.8) is 0 Å². The minimum absolute atomic E-state index is 0.391. The largest absolute Gasteiger partial charge is 0.390 e. The summed E-state index contributed by atoms with van der Waals surface area (Å²) in [7, 11) is 0. The van der Waals surface area contributed by atoms with Gasteiger partial charge in [-0.3, -0.25) is 0 Å². The van der Waals surface area contributed by atoms with Crippen LogP contribution >= 0.6 is 0 Å². The zero-order valence-corrected chi connectivity index (χ0v) is 6.48. The van der Waals surface area contributed by atoms with Crippen molar-refractivity contribution in [3.8, 4) is 0 Å². The van der Waals surface area contributed by atoms with E-state index in [9.17, 15) is 10.2 Å². The fraction of sp³-hybridized carbons (Fsp3) is 1.00. The third kappa shape index (κ3) is 0.651. The van der Waals surface area contributed by atoms with Gasteiger partial charge in [0.2, 0.25) is 0 Å². The number of hydrogen-bond acceptors (Lipinski definition) is 2. The van der Waals surface area contributed by atoms with E-state index in [1.165, 1.54) is 6.42 Å². The van der Waals surface area contributed by atoms with Gasteiger partial charge in [-0.15, -0.1) is 0 Å². The van der Waals surface area contributed by atoms with Gasteiger partial charge in [0.15, 0.2) is 0 Å². The Labute approximate surface area is 66.2 Å². The first-order valence-electron chi connectivity index (χ1n) is 4.65. The molecule has 4 aliphatic rings. The fourth-order valence-corrected chi connectivity index (χ4v) is 3.39. The quantitative estimate of drug-likeness (QED) is 0.529. The highest BCUT2D eigenvalue weighted by molar-refractivity contribution is 5.09. The third-order valence-electron chi connectivity index (χ3n) is 4.05. The zero-order chi connectivity index (χ0) is 7.59. The van der Waals surface area contributed by atoms with E-state index in [-0.39, 0.29) is 0 Å². The number of hydrogen-bond donors (Lipinski definition) is 2. The van der Waals surface area contributed by atoms with Gasteiger partial charge >= 0.3 is 0 Å². The average molecular weight is 154 g/mol. The van der Waals surface area contributed by atoms with E-state index in [0.29, 0.717) is 11.8 Å². The maximum absolute atomic E-state index is 9.61. The van der Waals surface area contributed by atoms with Crippen molar-refractivity contribution in [2.24, 2.45) is 23.7 Å². The van der Waals surface area contributed by atoms with Crippen LogP contribution in [0.2, 0.25) is 0 Å². The molecule has 4 fully saturated rings. The third-order valence-corrected chi connectivity index (χ3v) is 4.05. The predicted octanol–water partition coefficient (Wildman–Crippen LogP) is 0.384. The highest BCUT2D eigenvalue weighted by Crippen LogP contribution is 2.62. The van der Waals surface area contributed by atoms with Gasteiger partial charge in [-0.1, -0.05) is 0 Å². The maximum atomic E-state index is 9.61. The van der Waals surface area contributed by atoms with E-state index < -0.39 is 12.2 Å². The first-order valence-corrected chi connectivity index (χ1v) is 4.65. The van der Waals surface area contributed by atoms with Crippen LogP contribution in [0.5, 0.6) is 0 Å². The van der Waals surface area contributed by atoms with Gasteiger partial charge in [-0.25, -0.2) is 0 Å². The van der Waals surface area contributed by atoms with Crippen LogP contribution in [0.25, 0.3) is 0 Å². The molecular weight excluding hydrogens is 140 g/mol. The smallest absolute Gasteiger partial charge is 0.0832 e. The molecule has 0 aromatic carbocycles. The molecule has 2 heteroatoms. The number of aliphatic hydroxyl groups is 2. The summed E-state index contributed by atoms with van der Waals surface area (Å²) < 4.78 is 0. The molecule has 6 unspecified atom stereocenters. The monoisotopic (exact) mass is 154 g/mol. The minimum Gasteiger partial charge on any atom is -0.390 e. The summed E-state index contributed by atoms with van der Waals surface area (Å²) in [6.07, 6.45) is 2.81. The van der Waals surface area contributed by atoms with Crippen LogP contribution < -0.4 is 0 Å². The second kappa shape index (κ2) is 1.80. The summed E-state index contributed by atoms with van der Waals surface area (Å²) in [6.45, 7) is 0. The molecule has 0 spiro atoms. The number of aliphatic hydroxyl groups excluding tert-OH is 2. The lowest BCUT2D eigenvalue weighted by molar-refractivity contribution is -0.113. The lowest BCUT2D eigenvalue weighted by atomic mass is 9.67. The Bertz CT molecular complexity index is 172. The Morgan fingerprint density at radius 3 is 1.64 bits per heavy atom. The molecule has 2 bridgehead atoms. The van der Waals surface area contributed by atoms with Crippen molar-refractivity contribution >= 4 is 0 Å². The standard InChI is InChI=1S/C9H14O2/c10-8-4-1-2-5(9(8)11)7-3-6(4)7/h4-11H,1-3H2. The Morgan fingerprint density at radius 2 is 1.18 bits per heavy atom. The second-order valence-electron chi connectivity index (χ2n) is 4.45. The van der Waals surface area contributed by atoms with Crippen molar-refractivity contribution in [1.29, 1.82) is 0 Å². The molecule has 0 saturated heterocycles. The Balaban J connectivity index is 1.94. The van der Waals surface area contributed by atoms with Crippen molar-refractivity contribution in [3.05, 3.63) is 0 Å². The van der Waals surface area contributed by atoms with E-state index in [2.05, 4.69) is 0 Å². The summed E-state index contributed by atoms with van der Waals surface area (Å²) in [5, 5.41) is 19.2. The molecule has 4 aliphatic carbocycles. The highest BCUT2D eigenvalue weighted by Gasteiger charge is 2.60. The molecule has 0 heterocycles. The van der Waals surface area contributed by atoms with Crippen LogP contribution in [0.3, 0.4) is 0 Å². The van der Waals surface area contributed by atoms with Gasteiger partial charge in [-0.2, -0.15) is 0 Å². The summed E-state index contributed by atoms with van der Waals surface area (Å²) in [6, 6.07) is 0. The molecule has 2 nitrogen and oxygen atoms in total. The predicted molar refractivity (Wildman–Crippen MR) is 39.8 cm³/mol. The molecular formula is C9H14O2. The Hall–Kier alpha value is -0.0800. The van der Waals surface area contributed by atoms with Crippen LogP contribution in [-0.4, -0.2) is 22.4 Å². The van der Waals surface area contributed by atoms with Gasteiger partial charge in [0, 0.05) is 0 Å². The molecule has 0 aromatic rings. The van der Waals surface area contributed by atoms with Crippen LogP contribution in [0.4, 0.5) is 0 Å². The Morgan fingerprint density at radius 1 is 0.727 bits per heavy atom. The first-order chi connectivity index (χ1) is 5.29. The summed E-state index contributed by atoms with van der Waals surface area (Å²) in [5.41, 5.74) is 0. The fourth-order valence-electron chi connectivity index (χ4n) is 3.39. The van der Waals surface area contributed by atoms with Crippen LogP contribution in [0.15, 0.2) is 0 Å². The SMILES string of the molecule is OC1C(O)C2CCC1C1CC21. The van der Waals surface area contributed by atoms with Gasteiger partial charge < -0.3 is 10.2 Å². The summed E-state index contributed by atoms with van der Waals surface area (Å²) in [5.74, 6) is 2.46. The van der Waals surface area contributed by atoms with E-state index in [1.54, 1.807) is 0 Å². The van der Waals surface area contributed by atoms with Crippen molar-refractivity contribution < 1.29 is 10.2 Å². The first kappa shape index (κ1) is 6.44.